The summed E-state index contributed by atoms with van der Waals surface area (Å²) in [5.41, 5.74) is 7.59. The lowest BCUT2D eigenvalue weighted by Gasteiger charge is -2.08. The molecule has 0 atom stereocenters. The highest BCUT2D eigenvalue weighted by Gasteiger charge is 2.10. The quantitative estimate of drug-likeness (QED) is 0.570. The van der Waals surface area contributed by atoms with Crippen LogP contribution in [0.3, 0.4) is 0 Å². The predicted octanol–water partition coefficient (Wildman–Crippen LogP) is 3.88. The maximum atomic E-state index is 12.5. The van der Waals surface area contributed by atoms with Gasteiger partial charge in [-0.3, -0.25) is 4.79 Å². The molecular formula is C22H21N5O. The predicted molar refractivity (Wildman–Crippen MR) is 109 cm³/mol. The SMILES string of the molecule is Cc1ccc2nc(CNC(=O)c3ccc(-c4nncc(C)c4C)cc3)[nH]c2c1. The maximum absolute atomic E-state index is 12.5. The van der Waals surface area contributed by atoms with Crippen LogP contribution in [0.1, 0.15) is 32.9 Å². The largest absolute Gasteiger partial charge is 0.345 e. The van der Waals surface area contributed by atoms with Gasteiger partial charge in [0.15, 0.2) is 0 Å². The number of imidazole rings is 1. The number of hydrogen-bond donors (Lipinski definition) is 2. The highest BCUT2D eigenvalue weighted by molar-refractivity contribution is 5.94. The fourth-order valence-electron chi connectivity index (χ4n) is 3.11. The molecular weight excluding hydrogens is 350 g/mol. The van der Waals surface area contributed by atoms with Crippen molar-refractivity contribution in [2.75, 3.05) is 0 Å². The zero-order valence-corrected chi connectivity index (χ0v) is 16.1. The molecule has 4 aromatic rings. The Morgan fingerprint density at radius 1 is 1.07 bits per heavy atom. The van der Waals surface area contributed by atoms with Crippen molar-refractivity contribution in [3.8, 4) is 11.3 Å². The lowest BCUT2D eigenvalue weighted by molar-refractivity contribution is 0.0950. The third-order valence-electron chi connectivity index (χ3n) is 4.88. The minimum Gasteiger partial charge on any atom is -0.345 e. The van der Waals surface area contributed by atoms with Crippen LogP contribution in [0.15, 0.2) is 48.7 Å². The Balaban J connectivity index is 1.46. The van der Waals surface area contributed by atoms with Crippen molar-refractivity contribution in [3.05, 3.63) is 76.7 Å². The Morgan fingerprint density at radius 3 is 2.64 bits per heavy atom. The molecule has 0 aliphatic heterocycles. The maximum Gasteiger partial charge on any atom is 0.251 e. The van der Waals surface area contributed by atoms with Crippen molar-refractivity contribution in [1.82, 2.24) is 25.5 Å². The molecule has 0 radical (unpaired) electrons. The Morgan fingerprint density at radius 2 is 1.86 bits per heavy atom. The minimum atomic E-state index is -0.143. The first-order valence-electron chi connectivity index (χ1n) is 9.14. The summed E-state index contributed by atoms with van der Waals surface area (Å²) in [6, 6.07) is 13.4. The number of carbonyl (C=O) groups excluding carboxylic acids is 1. The van der Waals surface area contributed by atoms with Crippen molar-refractivity contribution in [3.63, 3.8) is 0 Å². The van der Waals surface area contributed by atoms with Gasteiger partial charge >= 0.3 is 0 Å². The van der Waals surface area contributed by atoms with Crippen LogP contribution in [-0.2, 0) is 6.54 Å². The summed E-state index contributed by atoms with van der Waals surface area (Å²) < 4.78 is 0. The van der Waals surface area contributed by atoms with Crippen molar-refractivity contribution in [2.45, 2.75) is 27.3 Å². The minimum absolute atomic E-state index is 0.143. The van der Waals surface area contributed by atoms with Crippen LogP contribution in [0.4, 0.5) is 0 Å². The molecule has 4 rings (SSSR count). The molecule has 6 heteroatoms. The molecule has 2 heterocycles. The topological polar surface area (TPSA) is 83.6 Å². The summed E-state index contributed by atoms with van der Waals surface area (Å²) >= 11 is 0. The van der Waals surface area contributed by atoms with Gasteiger partial charge in [-0.1, -0.05) is 18.2 Å². The van der Waals surface area contributed by atoms with Gasteiger partial charge in [0.25, 0.3) is 5.91 Å². The van der Waals surface area contributed by atoms with Crippen LogP contribution in [0.5, 0.6) is 0 Å². The van der Waals surface area contributed by atoms with Gasteiger partial charge in [-0.05, 0) is 61.7 Å². The van der Waals surface area contributed by atoms with Gasteiger partial charge in [0.1, 0.15) is 5.82 Å². The molecule has 2 aromatic heterocycles. The van der Waals surface area contributed by atoms with Gasteiger partial charge in [0.05, 0.1) is 29.5 Å². The molecule has 140 valence electrons. The van der Waals surface area contributed by atoms with Crippen LogP contribution in [0.2, 0.25) is 0 Å². The lowest BCUT2D eigenvalue weighted by atomic mass is 10.0. The third-order valence-corrected chi connectivity index (χ3v) is 4.88. The number of amides is 1. The number of fused-ring (bicyclic) bond motifs is 1. The standard InChI is InChI=1S/C22H21N5O/c1-13-4-9-18-19(10-13)26-20(25-18)12-23-22(28)17-7-5-16(6-8-17)21-15(3)14(2)11-24-27-21/h4-11H,12H2,1-3H3,(H,23,28)(H,25,26). The highest BCUT2D eigenvalue weighted by Crippen LogP contribution is 2.22. The number of carbonyl (C=O) groups is 1. The molecule has 0 aliphatic rings. The number of aryl methyl sites for hydroxylation is 2. The second-order valence-corrected chi connectivity index (χ2v) is 6.97. The number of rotatable bonds is 4. The van der Waals surface area contributed by atoms with Gasteiger partial charge < -0.3 is 10.3 Å². The number of nitrogens with one attached hydrogen (secondary N) is 2. The van der Waals surface area contributed by atoms with E-state index in [0.29, 0.717) is 12.1 Å². The summed E-state index contributed by atoms with van der Waals surface area (Å²) in [6.45, 7) is 6.41. The molecule has 2 N–H and O–H groups in total. The zero-order valence-electron chi connectivity index (χ0n) is 16.1. The molecule has 0 unspecified atom stereocenters. The van der Waals surface area contributed by atoms with Crippen LogP contribution in [0, 0.1) is 20.8 Å². The Bertz CT molecular complexity index is 1160. The molecule has 0 fully saturated rings. The molecule has 6 nitrogen and oxygen atoms in total. The van der Waals surface area contributed by atoms with E-state index in [0.717, 1.165) is 39.2 Å². The Hall–Kier alpha value is -3.54. The van der Waals surface area contributed by atoms with E-state index in [1.165, 1.54) is 5.56 Å². The number of aromatic nitrogens is 4. The molecule has 0 saturated heterocycles. The van der Waals surface area contributed by atoms with Gasteiger partial charge in [0, 0.05) is 11.1 Å². The molecule has 0 aliphatic carbocycles. The van der Waals surface area contributed by atoms with Crippen molar-refractivity contribution >= 4 is 16.9 Å². The lowest BCUT2D eigenvalue weighted by Crippen LogP contribution is -2.23. The first-order chi connectivity index (χ1) is 13.5. The van der Waals surface area contributed by atoms with E-state index >= 15 is 0 Å². The van der Waals surface area contributed by atoms with Crippen LogP contribution >= 0.6 is 0 Å². The van der Waals surface area contributed by atoms with E-state index in [1.54, 1.807) is 18.3 Å². The van der Waals surface area contributed by atoms with E-state index in [9.17, 15) is 4.79 Å². The fraction of sp³-hybridized carbons (Fsp3) is 0.182. The first kappa shape index (κ1) is 17.9. The number of benzene rings is 2. The second-order valence-electron chi connectivity index (χ2n) is 6.97. The number of aromatic amines is 1. The number of H-pyrrole nitrogens is 1. The second kappa shape index (κ2) is 7.23. The van der Waals surface area contributed by atoms with Gasteiger partial charge in [-0.15, -0.1) is 0 Å². The van der Waals surface area contributed by atoms with E-state index < -0.39 is 0 Å². The highest BCUT2D eigenvalue weighted by atomic mass is 16.1. The van der Waals surface area contributed by atoms with E-state index in [1.807, 2.05) is 51.1 Å². The van der Waals surface area contributed by atoms with Gasteiger partial charge in [-0.25, -0.2) is 4.98 Å². The number of nitrogens with zero attached hydrogens (tertiary/aromatic N) is 3. The molecule has 0 bridgehead atoms. The average molecular weight is 371 g/mol. The Labute approximate surface area is 163 Å². The van der Waals surface area contributed by atoms with E-state index in [2.05, 4.69) is 25.5 Å². The van der Waals surface area contributed by atoms with E-state index in [4.69, 9.17) is 0 Å². The number of hydrogen-bond acceptors (Lipinski definition) is 4. The normalized spacial score (nSPS) is 11.0. The molecule has 28 heavy (non-hydrogen) atoms. The summed E-state index contributed by atoms with van der Waals surface area (Å²) in [4.78, 5) is 20.2. The summed E-state index contributed by atoms with van der Waals surface area (Å²) in [6.07, 6.45) is 1.75. The summed E-state index contributed by atoms with van der Waals surface area (Å²) in [7, 11) is 0. The van der Waals surface area contributed by atoms with Gasteiger partial charge in [-0.2, -0.15) is 10.2 Å². The van der Waals surface area contributed by atoms with Crippen LogP contribution < -0.4 is 5.32 Å². The molecule has 0 saturated carbocycles. The van der Waals surface area contributed by atoms with Crippen LogP contribution in [-0.4, -0.2) is 26.1 Å². The first-order valence-corrected chi connectivity index (χ1v) is 9.14. The van der Waals surface area contributed by atoms with Crippen molar-refractivity contribution in [1.29, 1.82) is 0 Å². The zero-order chi connectivity index (χ0) is 19.7. The third kappa shape index (κ3) is 3.49. The van der Waals surface area contributed by atoms with Crippen LogP contribution in [0.25, 0.3) is 22.3 Å². The fourth-order valence-corrected chi connectivity index (χ4v) is 3.11. The summed E-state index contributed by atoms with van der Waals surface area (Å²) in [5, 5.41) is 11.2. The van der Waals surface area contributed by atoms with E-state index in [-0.39, 0.29) is 5.91 Å². The van der Waals surface area contributed by atoms with Crippen molar-refractivity contribution < 1.29 is 4.79 Å². The Kier molecular flexibility index (Phi) is 4.61. The monoisotopic (exact) mass is 371 g/mol. The average Bonchev–Trinajstić information content (AvgIpc) is 3.10. The molecule has 2 aromatic carbocycles. The van der Waals surface area contributed by atoms with Crippen molar-refractivity contribution in [2.24, 2.45) is 0 Å². The smallest absolute Gasteiger partial charge is 0.251 e. The molecule has 0 spiro atoms. The summed E-state index contributed by atoms with van der Waals surface area (Å²) in [5.74, 6) is 0.589. The van der Waals surface area contributed by atoms with Gasteiger partial charge in [0.2, 0.25) is 0 Å². The molecule has 1 amide bonds.